The van der Waals surface area contributed by atoms with Crippen molar-refractivity contribution in [2.45, 2.75) is 38.7 Å². The molecule has 0 spiro atoms. The lowest BCUT2D eigenvalue weighted by Crippen LogP contribution is -2.05. The molecular formula is C17H22N4O2. The van der Waals surface area contributed by atoms with Gasteiger partial charge in [-0.1, -0.05) is 16.8 Å². The molecule has 0 aliphatic heterocycles. The summed E-state index contributed by atoms with van der Waals surface area (Å²) in [4.78, 5) is 8.66. The Labute approximate surface area is 136 Å². The Bertz CT molecular complexity index is 649. The SMILES string of the molecule is COCc1noc(-c2ccc(NCCC3=CCCCC3)nc2)n1. The van der Waals surface area contributed by atoms with Crippen molar-refractivity contribution in [1.82, 2.24) is 15.1 Å². The van der Waals surface area contributed by atoms with Crippen LogP contribution in [0.4, 0.5) is 5.82 Å². The van der Waals surface area contributed by atoms with E-state index < -0.39 is 0 Å². The highest BCUT2D eigenvalue weighted by molar-refractivity contribution is 5.54. The highest BCUT2D eigenvalue weighted by Crippen LogP contribution is 2.21. The fourth-order valence-corrected chi connectivity index (χ4v) is 2.67. The second-order valence-electron chi connectivity index (χ2n) is 5.67. The number of rotatable bonds is 7. The smallest absolute Gasteiger partial charge is 0.259 e. The number of anilines is 1. The van der Waals surface area contributed by atoms with Gasteiger partial charge in [0.2, 0.25) is 0 Å². The maximum atomic E-state index is 5.19. The lowest BCUT2D eigenvalue weighted by molar-refractivity contribution is 0.174. The molecule has 23 heavy (non-hydrogen) atoms. The largest absolute Gasteiger partial charge is 0.377 e. The van der Waals surface area contributed by atoms with Gasteiger partial charge < -0.3 is 14.6 Å². The van der Waals surface area contributed by atoms with E-state index in [9.17, 15) is 0 Å². The topological polar surface area (TPSA) is 73.1 Å². The van der Waals surface area contributed by atoms with Gasteiger partial charge in [-0.25, -0.2) is 4.98 Å². The van der Waals surface area contributed by atoms with Gasteiger partial charge in [0.1, 0.15) is 12.4 Å². The number of pyridine rings is 1. The number of allylic oxidation sites excluding steroid dienone is 1. The van der Waals surface area contributed by atoms with Gasteiger partial charge in [0.15, 0.2) is 5.82 Å². The minimum Gasteiger partial charge on any atom is -0.377 e. The first-order chi connectivity index (χ1) is 11.3. The minimum absolute atomic E-state index is 0.340. The van der Waals surface area contributed by atoms with Crippen LogP contribution in [0, 0.1) is 0 Å². The number of hydrogen-bond donors (Lipinski definition) is 1. The zero-order valence-corrected chi connectivity index (χ0v) is 13.4. The molecule has 1 aliphatic rings. The third kappa shape index (κ3) is 4.39. The van der Waals surface area contributed by atoms with E-state index in [1.165, 1.54) is 25.7 Å². The van der Waals surface area contributed by atoms with E-state index in [1.807, 2.05) is 12.1 Å². The summed E-state index contributed by atoms with van der Waals surface area (Å²) in [5.74, 6) is 1.86. The first-order valence-electron chi connectivity index (χ1n) is 8.05. The van der Waals surface area contributed by atoms with E-state index in [4.69, 9.17) is 9.26 Å². The van der Waals surface area contributed by atoms with Crippen LogP contribution in [-0.2, 0) is 11.3 Å². The molecule has 0 saturated heterocycles. The molecule has 3 rings (SSSR count). The molecule has 0 unspecified atom stereocenters. The zero-order chi connectivity index (χ0) is 15.9. The third-order valence-electron chi connectivity index (χ3n) is 3.89. The fourth-order valence-electron chi connectivity index (χ4n) is 2.67. The Hall–Kier alpha value is -2.21. The van der Waals surface area contributed by atoms with Gasteiger partial charge in [0.25, 0.3) is 5.89 Å². The Balaban J connectivity index is 1.53. The Kier molecular flexibility index (Phi) is 5.37. The standard InChI is InChI=1S/C17H22N4O2/c1-22-12-16-20-17(23-21-16)14-7-8-15(19-11-14)18-10-9-13-5-3-2-4-6-13/h5,7-8,11H,2-4,6,9-10,12H2,1H3,(H,18,19). The molecule has 122 valence electrons. The van der Waals surface area contributed by atoms with Crippen LogP contribution in [0.3, 0.4) is 0 Å². The van der Waals surface area contributed by atoms with Crippen molar-refractivity contribution in [3.8, 4) is 11.5 Å². The summed E-state index contributed by atoms with van der Waals surface area (Å²) < 4.78 is 10.2. The summed E-state index contributed by atoms with van der Waals surface area (Å²) in [6.07, 6.45) is 10.4. The van der Waals surface area contributed by atoms with E-state index >= 15 is 0 Å². The summed E-state index contributed by atoms with van der Waals surface area (Å²) in [6, 6.07) is 3.87. The van der Waals surface area contributed by atoms with Gasteiger partial charge in [-0.3, -0.25) is 0 Å². The van der Waals surface area contributed by atoms with Crippen molar-refractivity contribution in [2.75, 3.05) is 19.0 Å². The van der Waals surface area contributed by atoms with Crippen molar-refractivity contribution >= 4 is 5.82 Å². The van der Waals surface area contributed by atoms with Crippen LogP contribution in [0.2, 0.25) is 0 Å². The number of methoxy groups -OCH3 is 1. The van der Waals surface area contributed by atoms with Crippen molar-refractivity contribution in [2.24, 2.45) is 0 Å². The number of aromatic nitrogens is 3. The molecule has 0 radical (unpaired) electrons. The third-order valence-corrected chi connectivity index (χ3v) is 3.89. The zero-order valence-electron chi connectivity index (χ0n) is 13.4. The first-order valence-corrected chi connectivity index (χ1v) is 8.05. The predicted octanol–water partition coefficient (Wildman–Crippen LogP) is 3.58. The number of hydrogen-bond acceptors (Lipinski definition) is 6. The summed E-state index contributed by atoms with van der Waals surface area (Å²) in [6.45, 7) is 1.25. The van der Waals surface area contributed by atoms with E-state index in [0.717, 1.165) is 24.3 Å². The molecular weight excluding hydrogens is 292 g/mol. The molecule has 1 aliphatic carbocycles. The lowest BCUT2D eigenvalue weighted by Gasteiger charge is -2.13. The van der Waals surface area contributed by atoms with Crippen molar-refractivity contribution in [1.29, 1.82) is 0 Å². The molecule has 0 fully saturated rings. The highest BCUT2D eigenvalue weighted by atomic mass is 16.5. The van der Waals surface area contributed by atoms with Crippen LogP contribution in [0.1, 0.15) is 37.9 Å². The van der Waals surface area contributed by atoms with Crippen LogP contribution in [-0.4, -0.2) is 28.8 Å². The summed E-state index contributed by atoms with van der Waals surface area (Å²) in [7, 11) is 1.60. The Morgan fingerprint density at radius 2 is 2.26 bits per heavy atom. The van der Waals surface area contributed by atoms with Crippen LogP contribution >= 0.6 is 0 Å². The van der Waals surface area contributed by atoms with Gasteiger partial charge in [0, 0.05) is 19.9 Å². The van der Waals surface area contributed by atoms with Gasteiger partial charge in [-0.2, -0.15) is 4.98 Å². The van der Waals surface area contributed by atoms with Gasteiger partial charge in [0.05, 0.1) is 5.56 Å². The molecule has 0 aromatic carbocycles. The summed E-state index contributed by atoms with van der Waals surface area (Å²) >= 11 is 0. The quantitative estimate of drug-likeness (QED) is 0.787. The second-order valence-corrected chi connectivity index (χ2v) is 5.67. The maximum Gasteiger partial charge on any atom is 0.259 e. The Morgan fingerprint density at radius 3 is 3.00 bits per heavy atom. The molecule has 0 bridgehead atoms. The lowest BCUT2D eigenvalue weighted by atomic mass is 9.97. The molecule has 2 aromatic heterocycles. The number of nitrogens with zero attached hydrogens (tertiary/aromatic N) is 3. The summed E-state index contributed by atoms with van der Waals surface area (Å²) in [5.41, 5.74) is 2.37. The van der Waals surface area contributed by atoms with Crippen molar-refractivity contribution < 1.29 is 9.26 Å². The normalized spacial score (nSPS) is 14.6. The molecule has 6 heteroatoms. The number of ether oxygens (including phenoxy) is 1. The predicted molar refractivity (Wildman–Crippen MR) is 87.9 cm³/mol. The van der Waals surface area contributed by atoms with Crippen molar-refractivity contribution in [3.63, 3.8) is 0 Å². The molecule has 1 N–H and O–H groups in total. The molecule has 6 nitrogen and oxygen atoms in total. The summed E-state index contributed by atoms with van der Waals surface area (Å²) in [5, 5.41) is 7.20. The van der Waals surface area contributed by atoms with E-state index in [2.05, 4.69) is 26.5 Å². The minimum atomic E-state index is 0.340. The van der Waals surface area contributed by atoms with Crippen LogP contribution < -0.4 is 5.32 Å². The first kappa shape index (κ1) is 15.7. The van der Waals surface area contributed by atoms with Crippen LogP contribution in [0.5, 0.6) is 0 Å². The average molecular weight is 314 g/mol. The van der Waals surface area contributed by atoms with Crippen LogP contribution in [0.25, 0.3) is 11.5 Å². The van der Waals surface area contributed by atoms with E-state index in [0.29, 0.717) is 18.3 Å². The molecule has 2 heterocycles. The van der Waals surface area contributed by atoms with E-state index in [-0.39, 0.29) is 0 Å². The van der Waals surface area contributed by atoms with Crippen molar-refractivity contribution in [3.05, 3.63) is 35.8 Å². The second kappa shape index (κ2) is 7.87. The van der Waals surface area contributed by atoms with Crippen LogP contribution in [0.15, 0.2) is 34.5 Å². The molecule has 2 aromatic rings. The monoisotopic (exact) mass is 314 g/mol. The molecule has 0 amide bonds. The van der Waals surface area contributed by atoms with Gasteiger partial charge in [-0.15, -0.1) is 0 Å². The Morgan fingerprint density at radius 1 is 1.30 bits per heavy atom. The maximum absolute atomic E-state index is 5.19. The molecule has 0 atom stereocenters. The van der Waals surface area contributed by atoms with E-state index in [1.54, 1.807) is 18.9 Å². The average Bonchev–Trinajstić information content (AvgIpc) is 3.06. The molecule has 0 saturated carbocycles. The highest BCUT2D eigenvalue weighted by Gasteiger charge is 2.09. The fraction of sp³-hybridized carbons (Fsp3) is 0.471. The van der Waals surface area contributed by atoms with Gasteiger partial charge in [-0.05, 0) is 44.2 Å². The number of nitrogens with one attached hydrogen (secondary N) is 1. The van der Waals surface area contributed by atoms with Gasteiger partial charge >= 0.3 is 0 Å².